The van der Waals surface area contributed by atoms with Gasteiger partial charge in [0.25, 0.3) is 0 Å². The summed E-state index contributed by atoms with van der Waals surface area (Å²) in [6, 6.07) is 8.62. The Kier molecular flexibility index (Phi) is 9.06. The molecule has 6 nitrogen and oxygen atoms in total. The molecule has 140 valence electrons. The first-order chi connectivity index (χ1) is 11.8. The fourth-order valence-electron chi connectivity index (χ4n) is 2.25. The third-order valence-electron chi connectivity index (χ3n) is 3.50. The third kappa shape index (κ3) is 6.34. The summed E-state index contributed by atoms with van der Waals surface area (Å²) in [5.74, 6) is 0.0958. The van der Waals surface area contributed by atoms with Crippen LogP contribution in [0.25, 0.3) is 11.0 Å². The average Bonchev–Trinajstić information content (AvgIpc) is 2.99. The molecule has 2 aromatic heterocycles. The van der Waals surface area contributed by atoms with Gasteiger partial charge in [0.1, 0.15) is 5.75 Å². The molecule has 0 aliphatic heterocycles. The number of benzene rings is 1. The minimum absolute atomic E-state index is 0. The normalized spacial score (nSPS) is 12.1. The minimum Gasteiger partial charge on any atom is -0.870 e. The summed E-state index contributed by atoms with van der Waals surface area (Å²) in [4.78, 5) is 11.3. The fourth-order valence-corrected chi connectivity index (χ4v) is 3.35. The van der Waals surface area contributed by atoms with Gasteiger partial charge in [-0.25, -0.2) is 4.98 Å². The minimum atomic E-state index is -4.42. The van der Waals surface area contributed by atoms with Crippen LogP contribution in [-0.2, 0) is 16.6 Å². The molecule has 0 bridgehead atoms. The van der Waals surface area contributed by atoms with Crippen LogP contribution in [0.15, 0.2) is 41.7 Å². The fraction of sp³-hybridized carbons (Fsp3) is 0.250. The van der Waals surface area contributed by atoms with Crippen LogP contribution < -0.4 is 56.1 Å². The second-order valence-corrected chi connectivity index (χ2v) is 6.70. The van der Waals surface area contributed by atoms with E-state index in [4.69, 9.17) is 4.74 Å². The maximum Gasteiger partial charge on any atom is 1.00 e. The van der Waals surface area contributed by atoms with Crippen LogP contribution in [0.3, 0.4) is 0 Å². The number of rotatable bonds is 5. The average molecular weight is 425 g/mol. The van der Waals surface area contributed by atoms with Gasteiger partial charge in [-0.3, -0.25) is 9.19 Å². The summed E-state index contributed by atoms with van der Waals surface area (Å²) < 4.78 is 54.2. The summed E-state index contributed by atoms with van der Waals surface area (Å²) in [5, 5.41) is 0.295. The van der Waals surface area contributed by atoms with Gasteiger partial charge in [-0.1, -0.05) is 12.1 Å². The molecule has 0 fully saturated rings. The Bertz CT molecular complexity index is 901. The number of ether oxygens (including phenoxy) is 1. The van der Waals surface area contributed by atoms with Crippen molar-refractivity contribution >= 4 is 21.8 Å². The molecule has 0 radical (unpaired) electrons. The number of imidazole rings is 1. The van der Waals surface area contributed by atoms with Crippen molar-refractivity contribution in [3.05, 3.63) is 47.8 Å². The van der Waals surface area contributed by atoms with Crippen molar-refractivity contribution in [2.75, 3.05) is 6.61 Å². The zero-order chi connectivity index (χ0) is 18.0. The van der Waals surface area contributed by atoms with Crippen molar-refractivity contribution in [1.82, 2.24) is 15.0 Å². The van der Waals surface area contributed by atoms with Crippen molar-refractivity contribution in [2.24, 2.45) is 0 Å². The topological polar surface area (TPSA) is 97.9 Å². The Hall–Kier alpha value is -0.824. The van der Waals surface area contributed by atoms with Crippen molar-refractivity contribution in [1.29, 1.82) is 0 Å². The molecule has 3 rings (SSSR count). The molecule has 0 aliphatic rings. The quantitative estimate of drug-likeness (QED) is 0.595. The van der Waals surface area contributed by atoms with E-state index in [1.165, 1.54) is 12.3 Å². The van der Waals surface area contributed by atoms with Gasteiger partial charge in [0, 0.05) is 11.8 Å². The molecule has 2 N–H and O–H groups in total. The van der Waals surface area contributed by atoms with E-state index >= 15 is 0 Å². The van der Waals surface area contributed by atoms with Crippen LogP contribution in [0.2, 0.25) is 0 Å². The zero-order valence-electron chi connectivity index (χ0n) is 14.6. The SMILES string of the molecule is Cc1c(OCC(F)(F)F)ccnc1CS(=O)c1nc2ccccc2[nH]1.[K+].[OH-]. The number of para-hydroxylation sites is 2. The maximum absolute atomic E-state index is 12.5. The molecule has 3 aromatic rings. The number of fused-ring (bicyclic) bond motifs is 1. The van der Waals surface area contributed by atoms with Gasteiger partial charge >= 0.3 is 57.6 Å². The van der Waals surface area contributed by atoms with E-state index < -0.39 is 23.6 Å². The van der Waals surface area contributed by atoms with Crippen LogP contribution >= 0.6 is 0 Å². The molecule has 1 aromatic carbocycles. The summed E-state index contributed by atoms with van der Waals surface area (Å²) in [6.07, 6.45) is -3.09. The van der Waals surface area contributed by atoms with Gasteiger partial charge in [0.05, 0.1) is 33.3 Å². The molecule has 27 heavy (non-hydrogen) atoms. The van der Waals surface area contributed by atoms with Crippen molar-refractivity contribution in [2.45, 2.75) is 24.0 Å². The standard InChI is InChI=1S/C16H14F3N3O2S.K.H2O/c1-10-13(20-7-6-14(10)24-9-16(17,18)19)8-25(23)15-21-11-4-2-3-5-12(11)22-15;;/h2-7H,8-9H2,1H3,(H,21,22);;1H2/q;+1;/p-1. The number of halogens is 3. The van der Waals surface area contributed by atoms with Crippen LogP contribution in [0.5, 0.6) is 5.75 Å². The van der Waals surface area contributed by atoms with E-state index in [2.05, 4.69) is 15.0 Å². The summed E-state index contributed by atoms with van der Waals surface area (Å²) in [6.45, 7) is 0.202. The van der Waals surface area contributed by atoms with Crippen LogP contribution in [-0.4, -0.2) is 37.4 Å². The molecule has 0 saturated carbocycles. The molecule has 0 saturated heterocycles. The Morgan fingerprint density at radius 1 is 1.22 bits per heavy atom. The van der Waals surface area contributed by atoms with E-state index in [0.29, 0.717) is 21.9 Å². The predicted molar refractivity (Wildman–Crippen MR) is 88.7 cm³/mol. The maximum atomic E-state index is 12.5. The van der Waals surface area contributed by atoms with Crippen molar-refractivity contribution in [3.8, 4) is 5.75 Å². The van der Waals surface area contributed by atoms with Gasteiger partial charge in [0.15, 0.2) is 11.8 Å². The number of nitrogens with zero attached hydrogens (tertiary/aromatic N) is 2. The Balaban J connectivity index is 0.00000182. The first-order valence-corrected chi connectivity index (χ1v) is 8.62. The third-order valence-corrected chi connectivity index (χ3v) is 4.66. The number of nitrogens with one attached hydrogen (secondary N) is 1. The van der Waals surface area contributed by atoms with Crippen LogP contribution in [0.1, 0.15) is 11.3 Å². The van der Waals surface area contributed by atoms with Gasteiger partial charge in [-0.05, 0) is 25.1 Å². The largest absolute Gasteiger partial charge is 1.00 e. The number of pyridine rings is 1. The van der Waals surface area contributed by atoms with Crippen LogP contribution in [0.4, 0.5) is 13.2 Å². The Labute approximate surface area is 198 Å². The van der Waals surface area contributed by atoms with Crippen LogP contribution in [0, 0.1) is 6.92 Å². The Morgan fingerprint density at radius 2 is 1.93 bits per heavy atom. The molecule has 11 heteroatoms. The predicted octanol–water partition coefficient (Wildman–Crippen LogP) is 0.342. The van der Waals surface area contributed by atoms with E-state index in [-0.39, 0.29) is 68.4 Å². The summed E-state index contributed by atoms with van der Waals surface area (Å²) in [7, 11) is -1.51. The summed E-state index contributed by atoms with van der Waals surface area (Å²) in [5.41, 5.74) is 2.28. The number of alkyl halides is 3. The van der Waals surface area contributed by atoms with Gasteiger partial charge in [0.2, 0.25) is 0 Å². The summed E-state index contributed by atoms with van der Waals surface area (Å²) >= 11 is 0. The van der Waals surface area contributed by atoms with E-state index in [0.717, 1.165) is 5.52 Å². The van der Waals surface area contributed by atoms with E-state index in [9.17, 15) is 17.4 Å². The van der Waals surface area contributed by atoms with Gasteiger partial charge in [-0.15, -0.1) is 0 Å². The number of aromatic amines is 1. The number of aromatic nitrogens is 3. The van der Waals surface area contributed by atoms with E-state index in [1.807, 2.05) is 18.2 Å². The first-order valence-electron chi connectivity index (χ1n) is 7.30. The number of hydrogen-bond donors (Lipinski definition) is 1. The molecule has 0 aliphatic carbocycles. The molecule has 1 unspecified atom stereocenters. The van der Waals surface area contributed by atoms with Crippen molar-refractivity contribution < 1.29 is 79.0 Å². The van der Waals surface area contributed by atoms with Gasteiger partial charge < -0.3 is 15.2 Å². The first kappa shape index (κ1) is 24.2. The molecular weight excluding hydrogens is 410 g/mol. The van der Waals surface area contributed by atoms with Crippen molar-refractivity contribution in [3.63, 3.8) is 0 Å². The second kappa shape index (κ2) is 10.1. The Morgan fingerprint density at radius 3 is 2.59 bits per heavy atom. The molecule has 0 spiro atoms. The smallest absolute Gasteiger partial charge is 0.870 e. The molecule has 0 amide bonds. The zero-order valence-corrected chi connectivity index (χ0v) is 18.5. The van der Waals surface area contributed by atoms with Gasteiger partial charge in [-0.2, -0.15) is 13.2 Å². The number of H-pyrrole nitrogens is 1. The van der Waals surface area contributed by atoms with E-state index in [1.54, 1.807) is 13.0 Å². The monoisotopic (exact) mass is 425 g/mol. The molecule has 1 atom stereocenters. The molecule has 2 heterocycles. The number of hydrogen-bond acceptors (Lipinski definition) is 5. The second-order valence-electron chi connectivity index (χ2n) is 5.33. The molecular formula is C16H15F3KN3O3S.